The Labute approximate surface area is 138 Å². The summed E-state index contributed by atoms with van der Waals surface area (Å²) in [6, 6.07) is 1.96. The van der Waals surface area contributed by atoms with E-state index in [-0.39, 0.29) is 6.03 Å². The summed E-state index contributed by atoms with van der Waals surface area (Å²) in [5.41, 5.74) is 6.42. The molecule has 23 heavy (non-hydrogen) atoms. The molecule has 4 N–H and O–H groups in total. The molecular formula is C14H21N7OS. The van der Waals surface area contributed by atoms with Crippen molar-refractivity contribution in [3.05, 3.63) is 16.8 Å². The van der Waals surface area contributed by atoms with Crippen LogP contribution in [0.2, 0.25) is 0 Å². The Morgan fingerprint density at radius 1 is 1.52 bits per heavy atom. The first-order valence-corrected chi connectivity index (χ1v) is 8.53. The number of hydrogen-bond acceptors (Lipinski definition) is 6. The lowest BCUT2D eigenvalue weighted by atomic mass is 10.2. The molecule has 1 atom stereocenters. The van der Waals surface area contributed by atoms with E-state index in [1.807, 2.05) is 17.7 Å². The van der Waals surface area contributed by atoms with Crippen LogP contribution in [0.25, 0.3) is 0 Å². The first-order valence-electron chi connectivity index (χ1n) is 7.72. The number of nitrogens with two attached hydrogens (primary N) is 1. The van der Waals surface area contributed by atoms with E-state index in [1.165, 1.54) is 24.2 Å². The van der Waals surface area contributed by atoms with Gasteiger partial charge in [-0.15, -0.1) is 10.2 Å². The molecule has 0 saturated heterocycles. The Kier molecular flexibility index (Phi) is 4.46. The van der Waals surface area contributed by atoms with Crippen LogP contribution in [0.1, 0.15) is 36.5 Å². The minimum absolute atomic E-state index is 0.244. The molecule has 2 heterocycles. The fourth-order valence-corrected chi connectivity index (χ4v) is 3.12. The van der Waals surface area contributed by atoms with Crippen molar-refractivity contribution >= 4 is 28.3 Å². The van der Waals surface area contributed by atoms with E-state index in [0.29, 0.717) is 30.1 Å². The molecule has 8 nitrogen and oxygen atoms in total. The smallest absolute Gasteiger partial charge is 0.320 e. The summed E-state index contributed by atoms with van der Waals surface area (Å²) < 4.78 is 1.91. The van der Waals surface area contributed by atoms with Crippen LogP contribution in [0.4, 0.5) is 15.7 Å². The van der Waals surface area contributed by atoms with Crippen molar-refractivity contribution in [3.63, 3.8) is 0 Å². The Hall–Kier alpha value is -2.16. The zero-order valence-electron chi connectivity index (χ0n) is 13.2. The number of hydrogen-bond donors (Lipinski definition) is 3. The maximum atomic E-state index is 12.1. The van der Waals surface area contributed by atoms with Gasteiger partial charge in [0.15, 0.2) is 0 Å². The predicted octanol–water partition coefficient (Wildman–Crippen LogP) is 1.96. The molecule has 0 radical (unpaired) electrons. The van der Waals surface area contributed by atoms with E-state index in [0.717, 1.165) is 16.5 Å². The molecule has 0 spiro atoms. The van der Waals surface area contributed by atoms with Crippen LogP contribution in [0.15, 0.2) is 6.07 Å². The summed E-state index contributed by atoms with van der Waals surface area (Å²) in [5.74, 6) is 1.40. The molecule has 124 valence electrons. The number of carbonyl (C=O) groups excluding carboxylic acids is 1. The van der Waals surface area contributed by atoms with Crippen LogP contribution in [-0.2, 0) is 6.42 Å². The Bertz CT molecular complexity index is 691. The van der Waals surface area contributed by atoms with E-state index in [9.17, 15) is 4.79 Å². The molecule has 1 aliphatic carbocycles. The fourth-order valence-electron chi connectivity index (χ4n) is 2.51. The normalized spacial score (nSPS) is 15.4. The summed E-state index contributed by atoms with van der Waals surface area (Å²) in [7, 11) is 0. The van der Waals surface area contributed by atoms with E-state index >= 15 is 0 Å². The second kappa shape index (κ2) is 6.53. The number of carbonyl (C=O) groups is 1. The SMILES string of the molecule is Cc1cc(NC(=O)NCCc2nnc(N)s2)n([C@@H](C)C2CC2)n1. The molecule has 2 aromatic rings. The van der Waals surface area contributed by atoms with Crippen molar-refractivity contribution in [1.29, 1.82) is 0 Å². The molecule has 1 saturated carbocycles. The number of urea groups is 1. The van der Waals surface area contributed by atoms with E-state index in [1.54, 1.807) is 0 Å². The minimum Gasteiger partial charge on any atom is -0.374 e. The number of aromatic nitrogens is 4. The Morgan fingerprint density at radius 3 is 2.96 bits per heavy atom. The summed E-state index contributed by atoms with van der Waals surface area (Å²) in [6.07, 6.45) is 3.08. The van der Waals surface area contributed by atoms with Gasteiger partial charge in [-0.25, -0.2) is 9.48 Å². The maximum Gasteiger partial charge on any atom is 0.320 e. The number of nitrogens with one attached hydrogen (secondary N) is 2. The zero-order chi connectivity index (χ0) is 16.4. The number of aryl methyl sites for hydroxylation is 1. The van der Waals surface area contributed by atoms with Crippen molar-refractivity contribution in [2.45, 2.75) is 39.2 Å². The van der Waals surface area contributed by atoms with E-state index in [2.05, 4.69) is 32.9 Å². The Balaban J connectivity index is 1.53. The molecule has 0 bridgehead atoms. The van der Waals surface area contributed by atoms with Crippen LogP contribution in [0.5, 0.6) is 0 Å². The van der Waals surface area contributed by atoms with Gasteiger partial charge in [0.2, 0.25) is 5.13 Å². The molecular weight excluding hydrogens is 314 g/mol. The first-order chi connectivity index (χ1) is 11.0. The third-order valence-corrected chi connectivity index (χ3v) is 4.71. The summed E-state index contributed by atoms with van der Waals surface area (Å²) in [6.45, 7) is 4.55. The van der Waals surface area contributed by atoms with Gasteiger partial charge < -0.3 is 11.1 Å². The second-order valence-electron chi connectivity index (χ2n) is 5.86. The number of nitrogen functional groups attached to an aromatic ring is 1. The second-order valence-corrected chi connectivity index (χ2v) is 6.95. The number of nitrogens with zero attached hydrogens (tertiary/aromatic N) is 4. The predicted molar refractivity (Wildman–Crippen MR) is 89.4 cm³/mol. The van der Waals surface area contributed by atoms with Gasteiger partial charge in [-0.2, -0.15) is 5.10 Å². The molecule has 0 aliphatic heterocycles. The number of anilines is 2. The highest BCUT2D eigenvalue weighted by atomic mass is 32.1. The zero-order valence-corrected chi connectivity index (χ0v) is 14.1. The quantitative estimate of drug-likeness (QED) is 0.747. The highest BCUT2D eigenvalue weighted by Crippen LogP contribution is 2.40. The lowest BCUT2D eigenvalue weighted by molar-refractivity contribution is 0.252. The minimum atomic E-state index is -0.244. The van der Waals surface area contributed by atoms with Gasteiger partial charge in [-0.3, -0.25) is 5.32 Å². The van der Waals surface area contributed by atoms with E-state index in [4.69, 9.17) is 5.73 Å². The molecule has 0 aromatic carbocycles. The first kappa shape index (κ1) is 15.7. The highest BCUT2D eigenvalue weighted by Gasteiger charge is 2.31. The average molecular weight is 335 g/mol. The maximum absolute atomic E-state index is 12.1. The molecule has 2 amide bonds. The van der Waals surface area contributed by atoms with Gasteiger partial charge in [0.05, 0.1) is 11.7 Å². The lowest BCUT2D eigenvalue weighted by Gasteiger charge is -2.15. The third-order valence-electron chi connectivity index (χ3n) is 3.90. The van der Waals surface area contributed by atoms with Gasteiger partial charge in [0.1, 0.15) is 10.8 Å². The fraction of sp³-hybridized carbons (Fsp3) is 0.571. The van der Waals surface area contributed by atoms with Crippen LogP contribution < -0.4 is 16.4 Å². The van der Waals surface area contributed by atoms with Gasteiger partial charge in [0.25, 0.3) is 0 Å². The van der Waals surface area contributed by atoms with Crippen LogP contribution in [0.3, 0.4) is 0 Å². The molecule has 1 fully saturated rings. The monoisotopic (exact) mass is 335 g/mol. The summed E-state index contributed by atoms with van der Waals surface area (Å²) in [4.78, 5) is 12.1. The van der Waals surface area contributed by atoms with Gasteiger partial charge in [-0.05, 0) is 32.6 Å². The van der Waals surface area contributed by atoms with Crippen molar-refractivity contribution < 1.29 is 4.79 Å². The molecule has 1 aliphatic rings. The van der Waals surface area contributed by atoms with Crippen molar-refractivity contribution in [1.82, 2.24) is 25.3 Å². The topological polar surface area (TPSA) is 111 Å². The molecule has 2 aromatic heterocycles. The number of rotatable bonds is 6. The van der Waals surface area contributed by atoms with Crippen molar-refractivity contribution in [2.24, 2.45) is 5.92 Å². The van der Waals surface area contributed by atoms with Gasteiger partial charge in [0, 0.05) is 19.0 Å². The van der Waals surface area contributed by atoms with E-state index < -0.39 is 0 Å². The average Bonchev–Trinajstić information content (AvgIpc) is 3.18. The van der Waals surface area contributed by atoms with Crippen molar-refractivity contribution in [2.75, 3.05) is 17.6 Å². The lowest BCUT2D eigenvalue weighted by Crippen LogP contribution is -2.31. The molecule has 0 unspecified atom stereocenters. The molecule has 3 rings (SSSR count). The molecule has 9 heteroatoms. The van der Waals surface area contributed by atoms with Gasteiger partial charge in [-0.1, -0.05) is 11.3 Å². The van der Waals surface area contributed by atoms with Crippen LogP contribution in [-0.4, -0.2) is 32.6 Å². The Morgan fingerprint density at radius 2 is 2.30 bits per heavy atom. The van der Waals surface area contributed by atoms with Crippen LogP contribution >= 0.6 is 11.3 Å². The van der Waals surface area contributed by atoms with Gasteiger partial charge >= 0.3 is 6.03 Å². The third kappa shape index (κ3) is 3.98. The van der Waals surface area contributed by atoms with Crippen LogP contribution in [0, 0.1) is 12.8 Å². The van der Waals surface area contributed by atoms with Crippen molar-refractivity contribution in [3.8, 4) is 0 Å². The summed E-state index contributed by atoms with van der Waals surface area (Å²) in [5, 5.41) is 19.1. The standard InChI is InChI=1S/C14H21N7OS/c1-8-7-11(21(20-8)9(2)10-3-4-10)17-14(22)16-6-5-12-18-19-13(15)23-12/h7,9-10H,3-6H2,1-2H3,(H2,15,19)(H2,16,17,22)/t9-/m0/s1. The summed E-state index contributed by atoms with van der Waals surface area (Å²) >= 11 is 1.33. The largest absolute Gasteiger partial charge is 0.374 e. The highest BCUT2D eigenvalue weighted by molar-refractivity contribution is 7.15. The number of amides is 2.